The van der Waals surface area contributed by atoms with Crippen LogP contribution < -0.4 is 16.5 Å². The highest BCUT2D eigenvalue weighted by atomic mass is 79.9. The maximum Gasteiger partial charge on any atom is 0.259 e. The Bertz CT molecular complexity index is 683. The molecule has 0 fully saturated rings. The van der Waals surface area contributed by atoms with Crippen LogP contribution in [0.25, 0.3) is 0 Å². The van der Waals surface area contributed by atoms with E-state index in [-0.39, 0.29) is 12.5 Å². The topological polar surface area (TPSA) is 79.5 Å². The highest BCUT2D eigenvalue weighted by Gasteiger charge is 2.02. The van der Waals surface area contributed by atoms with Crippen LogP contribution in [0.1, 0.15) is 12.5 Å². The Morgan fingerprint density at radius 1 is 1.23 bits per heavy atom. The Morgan fingerprint density at radius 2 is 1.95 bits per heavy atom. The van der Waals surface area contributed by atoms with Crippen molar-refractivity contribution in [2.75, 3.05) is 17.6 Å². The Hall–Kier alpha value is -2.34. The first-order valence-corrected chi connectivity index (χ1v) is 7.52. The maximum atomic E-state index is 11.8. The van der Waals surface area contributed by atoms with Crippen LogP contribution in [0.4, 0.5) is 11.4 Å². The second-order valence-electron chi connectivity index (χ2n) is 4.72. The van der Waals surface area contributed by atoms with Crippen LogP contribution in [0.15, 0.2) is 58.1 Å². The number of carbonyl (C=O) groups is 1. The van der Waals surface area contributed by atoms with E-state index in [1.54, 1.807) is 12.1 Å². The summed E-state index contributed by atoms with van der Waals surface area (Å²) in [5, 5.41) is 7.11. The Balaban J connectivity index is 1.86. The number of benzene rings is 2. The molecule has 0 spiro atoms. The molecule has 0 aromatic heterocycles. The second kappa shape index (κ2) is 7.61. The molecule has 2 aromatic rings. The highest BCUT2D eigenvalue weighted by molar-refractivity contribution is 9.10. The van der Waals surface area contributed by atoms with Crippen LogP contribution in [-0.2, 0) is 4.79 Å². The van der Waals surface area contributed by atoms with Gasteiger partial charge in [0.05, 0.1) is 12.3 Å². The molecule has 0 aliphatic carbocycles. The van der Waals surface area contributed by atoms with Gasteiger partial charge in [-0.3, -0.25) is 4.79 Å². The van der Waals surface area contributed by atoms with Crippen molar-refractivity contribution < 1.29 is 4.79 Å². The number of nitrogen functional groups attached to an aromatic ring is 1. The van der Waals surface area contributed by atoms with Gasteiger partial charge in [0, 0.05) is 15.8 Å². The molecule has 0 unspecified atom stereocenters. The first-order valence-electron chi connectivity index (χ1n) is 6.73. The van der Waals surface area contributed by atoms with Gasteiger partial charge >= 0.3 is 0 Å². The minimum Gasteiger partial charge on any atom is -0.399 e. The van der Waals surface area contributed by atoms with Gasteiger partial charge in [0.15, 0.2) is 0 Å². The highest BCUT2D eigenvalue weighted by Crippen LogP contribution is 2.15. The third-order valence-electron chi connectivity index (χ3n) is 2.95. The van der Waals surface area contributed by atoms with Gasteiger partial charge in [0.2, 0.25) is 0 Å². The molecule has 0 bridgehead atoms. The average molecular weight is 361 g/mol. The quantitative estimate of drug-likeness (QED) is 0.435. The Kier molecular flexibility index (Phi) is 5.55. The van der Waals surface area contributed by atoms with Gasteiger partial charge in [-0.1, -0.05) is 34.1 Å². The van der Waals surface area contributed by atoms with Crippen LogP contribution in [0, 0.1) is 0 Å². The number of carbonyl (C=O) groups excluding carboxylic acids is 1. The standard InChI is InChI=1S/C16H17BrN4O/c1-11(12-5-7-14(18)8-6-12)20-21-16(22)10-19-15-4-2-3-13(17)9-15/h2-9,19H,10,18H2,1H3,(H,21,22)/b20-11+. The number of hydrogen-bond acceptors (Lipinski definition) is 4. The second-order valence-corrected chi connectivity index (χ2v) is 5.63. The first-order chi connectivity index (χ1) is 10.5. The molecular formula is C16H17BrN4O. The number of amides is 1. The summed E-state index contributed by atoms with van der Waals surface area (Å²) in [5.41, 5.74) is 11.3. The van der Waals surface area contributed by atoms with Gasteiger partial charge in [-0.2, -0.15) is 5.10 Å². The maximum absolute atomic E-state index is 11.8. The SMILES string of the molecule is C/C(=N\NC(=O)CNc1cccc(Br)c1)c1ccc(N)cc1. The van der Waals surface area contributed by atoms with Crippen LogP contribution in [-0.4, -0.2) is 18.2 Å². The number of nitrogens with zero attached hydrogens (tertiary/aromatic N) is 1. The van der Waals surface area contributed by atoms with Crippen molar-refractivity contribution in [3.8, 4) is 0 Å². The number of halogens is 1. The van der Waals surface area contributed by atoms with Crippen LogP contribution >= 0.6 is 15.9 Å². The van der Waals surface area contributed by atoms with E-state index in [4.69, 9.17) is 5.73 Å². The van der Waals surface area contributed by atoms with Crippen molar-refractivity contribution in [3.05, 3.63) is 58.6 Å². The van der Waals surface area contributed by atoms with Crippen molar-refractivity contribution in [2.45, 2.75) is 6.92 Å². The number of nitrogens with one attached hydrogen (secondary N) is 2. The predicted molar refractivity (Wildman–Crippen MR) is 93.8 cm³/mol. The van der Waals surface area contributed by atoms with Crippen LogP contribution in [0.2, 0.25) is 0 Å². The molecule has 2 rings (SSSR count). The monoisotopic (exact) mass is 360 g/mol. The fourth-order valence-electron chi connectivity index (χ4n) is 1.76. The molecule has 0 saturated heterocycles. The molecule has 0 aliphatic heterocycles. The third kappa shape index (κ3) is 4.89. The van der Waals surface area contributed by atoms with Crippen molar-refractivity contribution >= 4 is 38.9 Å². The summed E-state index contributed by atoms with van der Waals surface area (Å²) < 4.78 is 0.954. The zero-order valence-electron chi connectivity index (χ0n) is 12.1. The summed E-state index contributed by atoms with van der Waals surface area (Å²) in [6, 6.07) is 14.9. The lowest BCUT2D eigenvalue weighted by Crippen LogP contribution is -2.26. The summed E-state index contributed by atoms with van der Waals surface area (Å²) >= 11 is 3.38. The zero-order valence-corrected chi connectivity index (χ0v) is 13.7. The van der Waals surface area contributed by atoms with E-state index < -0.39 is 0 Å². The number of anilines is 2. The molecule has 4 N–H and O–H groups in total. The molecular weight excluding hydrogens is 344 g/mol. The van der Waals surface area contributed by atoms with Crippen molar-refractivity contribution in [2.24, 2.45) is 5.10 Å². The molecule has 22 heavy (non-hydrogen) atoms. The number of hydrogen-bond donors (Lipinski definition) is 3. The van der Waals surface area contributed by atoms with Gasteiger partial charge in [0.1, 0.15) is 0 Å². The molecule has 0 atom stereocenters. The predicted octanol–water partition coefficient (Wildman–Crippen LogP) is 2.98. The lowest BCUT2D eigenvalue weighted by molar-refractivity contribution is -0.119. The molecule has 5 nitrogen and oxygen atoms in total. The minimum absolute atomic E-state index is 0.148. The first kappa shape index (κ1) is 16.0. The minimum atomic E-state index is -0.213. The summed E-state index contributed by atoms with van der Waals surface area (Å²) in [6.45, 7) is 1.97. The number of hydrazone groups is 1. The van der Waals surface area contributed by atoms with E-state index in [1.807, 2.05) is 43.3 Å². The van der Waals surface area contributed by atoms with Gasteiger partial charge in [-0.25, -0.2) is 5.43 Å². The molecule has 114 valence electrons. The molecule has 1 amide bonds. The third-order valence-corrected chi connectivity index (χ3v) is 3.45. The normalized spacial score (nSPS) is 11.1. The lowest BCUT2D eigenvalue weighted by Gasteiger charge is -2.06. The van der Waals surface area contributed by atoms with E-state index in [0.29, 0.717) is 5.69 Å². The van der Waals surface area contributed by atoms with Gasteiger partial charge in [-0.05, 0) is 42.8 Å². The van der Waals surface area contributed by atoms with Crippen molar-refractivity contribution in [3.63, 3.8) is 0 Å². The van der Waals surface area contributed by atoms with Gasteiger partial charge < -0.3 is 11.1 Å². The summed E-state index contributed by atoms with van der Waals surface area (Å²) in [7, 11) is 0. The van der Waals surface area contributed by atoms with E-state index >= 15 is 0 Å². The Labute approximate surface area is 137 Å². The molecule has 0 radical (unpaired) electrons. The van der Waals surface area contributed by atoms with E-state index in [2.05, 4.69) is 31.8 Å². The van der Waals surface area contributed by atoms with Crippen LogP contribution in [0.5, 0.6) is 0 Å². The molecule has 0 saturated carbocycles. The van der Waals surface area contributed by atoms with Gasteiger partial charge in [0.25, 0.3) is 5.91 Å². The lowest BCUT2D eigenvalue weighted by atomic mass is 10.1. The smallest absolute Gasteiger partial charge is 0.259 e. The largest absolute Gasteiger partial charge is 0.399 e. The van der Waals surface area contributed by atoms with Crippen LogP contribution in [0.3, 0.4) is 0 Å². The summed E-state index contributed by atoms with van der Waals surface area (Å²) in [6.07, 6.45) is 0. The number of nitrogens with two attached hydrogens (primary N) is 1. The zero-order chi connectivity index (χ0) is 15.9. The fraction of sp³-hybridized carbons (Fsp3) is 0.125. The van der Waals surface area contributed by atoms with E-state index in [9.17, 15) is 4.79 Å². The average Bonchev–Trinajstić information content (AvgIpc) is 2.51. The summed E-state index contributed by atoms with van der Waals surface area (Å²) in [5.74, 6) is -0.213. The fourth-order valence-corrected chi connectivity index (χ4v) is 2.15. The van der Waals surface area contributed by atoms with E-state index in [1.165, 1.54) is 0 Å². The summed E-state index contributed by atoms with van der Waals surface area (Å²) in [4.78, 5) is 11.8. The molecule has 2 aromatic carbocycles. The number of rotatable bonds is 5. The van der Waals surface area contributed by atoms with E-state index in [0.717, 1.165) is 21.4 Å². The van der Waals surface area contributed by atoms with Gasteiger partial charge in [-0.15, -0.1) is 0 Å². The Morgan fingerprint density at radius 3 is 2.64 bits per heavy atom. The van der Waals surface area contributed by atoms with Crippen molar-refractivity contribution in [1.82, 2.24) is 5.43 Å². The molecule has 6 heteroatoms. The van der Waals surface area contributed by atoms with Crippen molar-refractivity contribution in [1.29, 1.82) is 0 Å². The molecule has 0 aliphatic rings. The molecule has 0 heterocycles.